The summed E-state index contributed by atoms with van der Waals surface area (Å²) >= 11 is 0. The van der Waals surface area contributed by atoms with Crippen LogP contribution in [0.25, 0.3) is 0 Å². The highest BCUT2D eigenvalue weighted by molar-refractivity contribution is 5.94. The highest BCUT2D eigenvalue weighted by Crippen LogP contribution is 1.96. The van der Waals surface area contributed by atoms with E-state index in [1.165, 1.54) is 11.7 Å². The molecule has 1 heterocycles. The van der Waals surface area contributed by atoms with Crippen LogP contribution in [0.1, 0.15) is 0 Å². The van der Waals surface area contributed by atoms with Crippen molar-refractivity contribution in [1.29, 1.82) is 0 Å². The molecule has 6 nitrogen and oxygen atoms in total. The molecule has 11 heavy (non-hydrogen) atoms. The number of nitrogens with one attached hydrogen (secondary N) is 2. The second-order valence-corrected chi connectivity index (χ2v) is 1.86. The zero-order valence-electron chi connectivity index (χ0n) is 5.57. The van der Waals surface area contributed by atoms with Crippen molar-refractivity contribution in [2.45, 2.75) is 0 Å². The van der Waals surface area contributed by atoms with Gasteiger partial charge in [-0.15, -0.1) is 0 Å². The predicted octanol–water partition coefficient (Wildman–Crippen LogP) is -0.376. The molecule has 60 valence electrons. The molecule has 1 aliphatic heterocycles. The summed E-state index contributed by atoms with van der Waals surface area (Å²) in [6.45, 7) is 0.397. The van der Waals surface area contributed by atoms with Gasteiger partial charge in [-0.2, -0.15) is 0 Å². The minimum absolute atomic E-state index is 0.397. The van der Waals surface area contributed by atoms with Crippen LogP contribution in [0.15, 0.2) is 12.3 Å². The summed E-state index contributed by atoms with van der Waals surface area (Å²) in [6, 6.07) is -1.43. The van der Waals surface area contributed by atoms with Gasteiger partial charge in [-0.3, -0.25) is 5.21 Å². The lowest BCUT2D eigenvalue weighted by molar-refractivity contribution is 0.141. The summed E-state index contributed by atoms with van der Waals surface area (Å²) < 4.78 is 0. The molecule has 0 aliphatic carbocycles. The summed E-state index contributed by atoms with van der Waals surface area (Å²) in [4.78, 5) is 22.1. The zero-order chi connectivity index (χ0) is 8.27. The molecule has 1 aliphatic rings. The fraction of sp³-hybridized carbons (Fsp3) is 0.200. The van der Waals surface area contributed by atoms with Crippen LogP contribution in [-0.2, 0) is 0 Å². The highest BCUT2D eigenvalue weighted by Gasteiger charge is 2.19. The maximum absolute atomic E-state index is 10.8. The van der Waals surface area contributed by atoms with E-state index < -0.39 is 12.1 Å². The molecule has 6 heteroatoms. The molecule has 0 saturated heterocycles. The Balaban J connectivity index is 2.69. The Bertz CT molecular complexity index is 213. The third-order valence-corrected chi connectivity index (χ3v) is 1.16. The summed E-state index contributed by atoms with van der Waals surface area (Å²) in [5.41, 5.74) is 1.34. The number of rotatable bonds is 0. The summed E-state index contributed by atoms with van der Waals surface area (Å²) in [6.07, 6.45) is 2.86. The third-order valence-electron chi connectivity index (χ3n) is 1.16. The van der Waals surface area contributed by atoms with Gasteiger partial charge in [0.25, 0.3) is 0 Å². The van der Waals surface area contributed by atoms with Gasteiger partial charge < -0.3 is 5.32 Å². The summed E-state index contributed by atoms with van der Waals surface area (Å²) in [7, 11) is 0. The van der Waals surface area contributed by atoms with Crippen molar-refractivity contribution in [3.05, 3.63) is 12.3 Å². The molecule has 0 saturated carbocycles. The highest BCUT2D eigenvalue weighted by atomic mass is 16.5. The second-order valence-electron chi connectivity index (χ2n) is 1.86. The molecular weight excluding hydrogens is 150 g/mol. The van der Waals surface area contributed by atoms with Crippen molar-refractivity contribution in [3.63, 3.8) is 0 Å². The minimum Gasteiger partial charge on any atom is -0.334 e. The van der Waals surface area contributed by atoms with Crippen molar-refractivity contribution in [3.8, 4) is 0 Å². The predicted molar refractivity (Wildman–Crippen MR) is 34.7 cm³/mol. The Kier molecular flexibility index (Phi) is 2.07. The van der Waals surface area contributed by atoms with Gasteiger partial charge in [0.15, 0.2) is 0 Å². The molecule has 3 N–H and O–H groups in total. The number of nitrogens with zero attached hydrogens (tertiary/aromatic N) is 1. The topological polar surface area (TPSA) is 81.7 Å². The number of carbonyl (C=O) groups is 2. The molecule has 0 atom stereocenters. The van der Waals surface area contributed by atoms with Crippen LogP contribution < -0.4 is 10.8 Å². The first kappa shape index (κ1) is 7.55. The molecule has 0 aromatic heterocycles. The normalized spacial score (nSPS) is 16.1. The molecule has 0 bridgehead atoms. The largest absolute Gasteiger partial charge is 0.353 e. The van der Waals surface area contributed by atoms with E-state index in [1.807, 2.05) is 0 Å². The van der Waals surface area contributed by atoms with Gasteiger partial charge >= 0.3 is 12.1 Å². The van der Waals surface area contributed by atoms with Crippen molar-refractivity contribution in [2.24, 2.45) is 0 Å². The van der Waals surface area contributed by atoms with E-state index in [9.17, 15) is 9.59 Å². The van der Waals surface area contributed by atoms with Gasteiger partial charge in [-0.05, 0) is 6.08 Å². The van der Waals surface area contributed by atoms with E-state index in [-0.39, 0.29) is 0 Å². The number of hydroxylamine groups is 1. The van der Waals surface area contributed by atoms with E-state index in [4.69, 9.17) is 5.21 Å². The van der Waals surface area contributed by atoms with E-state index in [0.29, 0.717) is 6.54 Å². The van der Waals surface area contributed by atoms with Crippen molar-refractivity contribution < 1.29 is 14.8 Å². The molecule has 4 amide bonds. The first-order valence-electron chi connectivity index (χ1n) is 2.93. The standard InChI is InChI=1S/C5H7N3O3/c9-4-6-2-1-3-8(4)5(10)7-11/h1,3,11H,2H2,(H,6,9)(H,7,10). The van der Waals surface area contributed by atoms with Crippen LogP contribution in [0, 0.1) is 0 Å². The second kappa shape index (κ2) is 3.02. The smallest absolute Gasteiger partial charge is 0.334 e. The Labute approximate surface area is 62.4 Å². The quantitative estimate of drug-likeness (QED) is 0.331. The van der Waals surface area contributed by atoms with Crippen LogP contribution in [0.3, 0.4) is 0 Å². The Morgan fingerprint density at radius 3 is 3.09 bits per heavy atom. The van der Waals surface area contributed by atoms with E-state index >= 15 is 0 Å². The fourth-order valence-electron chi connectivity index (χ4n) is 0.671. The maximum Gasteiger partial charge on any atom is 0.353 e. The maximum atomic E-state index is 10.8. The van der Waals surface area contributed by atoms with Crippen LogP contribution in [0.2, 0.25) is 0 Å². The first-order valence-corrected chi connectivity index (χ1v) is 2.93. The zero-order valence-corrected chi connectivity index (χ0v) is 5.57. The average Bonchev–Trinajstić information content (AvgIpc) is 2.04. The molecule has 0 unspecified atom stereocenters. The van der Waals surface area contributed by atoms with Crippen LogP contribution in [0.5, 0.6) is 0 Å². The fourth-order valence-corrected chi connectivity index (χ4v) is 0.671. The summed E-state index contributed by atoms with van der Waals surface area (Å²) in [5, 5.41) is 10.5. The Morgan fingerprint density at radius 2 is 2.55 bits per heavy atom. The summed E-state index contributed by atoms with van der Waals surface area (Å²) in [5.74, 6) is 0. The third kappa shape index (κ3) is 1.47. The molecular formula is C5H7N3O3. The van der Waals surface area contributed by atoms with Gasteiger partial charge in [0.1, 0.15) is 0 Å². The van der Waals surface area contributed by atoms with Crippen LogP contribution >= 0.6 is 0 Å². The lowest BCUT2D eigenvalue weighted by Crippen LogP contribution is -2.46. The van der Waals surface area contributed by atoms with E-state index in [0.717, 1.165) is 4.90 Å². The van der Waals surface area contributed by atoms with Crippen molar-refractivity contribution in [1.82, 2.24) is 15.7 Å². The molecule has 0 aromatic rings. The molecule has 0 aromatic carbocycles. The van der Waals surface area contributed by atoms with E-state index in [2.05, 4.69) is 5.32 Å². The number of hydrogen-bond acceptors (Lipinski definition) is 3. The lowest BCUT2D eigenvalue weighted by Gasteiger charge is -2.18. The molecule has 1 rings (SSSR count). The number of imide groups is 1. The van der Waals surface area contributed by atoms with Gasteiger partial charge in [0.05, 0.1) is 0 Å². The first-order chi connectivity index (χ1) is 5.25. The van der Waals surface area contributed by atoms with Gasteiger partial charge in [-0.1, -0.05) is 0 Å². The van der Waals surface area contributed by atoms with Gasteiger partial charge in [0, 0.05) is 12.7 Å². The number of hydrogen-bond donors (Lipinski definition) is 3. The molecule has 0 radical (unpaired) electrons. The van der Waals surface area contributed by atoms with Crippen molar-refractivity contribution in [2.75, 3.05) is 6.54 Å². The van der Waals surface area contributed by atoms with Crippen LogP contribution in [0.4, 0.5) is 9.59 Å². The van der Waals surface area contributed by atoms with Gasteiger partial charge in [-0.25, -0.2) is 20.0 Å². The molecule has 0 fully saturated rings. The average molecular weight is 157 g/mol. The monoisotopic (exact) mass is 157 g/mol. The number of urea groups is 2. The Hall–Kier alpha value is -1.56. The number of amides is 4. The van der Waals surface area contributed by atoms with E-state index in [1.54, 1.807) is 6.08 Å². The minimum atomic E-state index is -0.876. The van der Waals surface area contributed by atoms with Crippen LogP contribution in [-0.4, -0.2) is 28.7 Å². The number of carbonyl (C=O) groups excluding carboxylic acids is 2. The van der Waals surface area contributed by atoms with Crippen molar-refractivity contribution >= 4 is 12.1 Å². The SMILES string of the molecule is O=C(NO)N1C=CCNC1=O. The Morgan fingerprint density at radius 1 is 1.82 bits per heavy atom. The van der Waals surface area contributed by atoms with Gasteiger partial charge in [0.2, 0.25) is 0 Å². The molecule has 0 spiro atoms. The lowest BCUT2D eigenvalue weighted by atomic mass is 10.5.